The minimum atomic E-state index is -2.13. The SMILES string of the molecule is CON(C)C(=O)[C@@H](N)Cc1cccc(CS(=O)[O-])c1. The maximum atomic E-state index is 11.7. The van der Waals surface area contributed by atoms with Crippen LogP contribution < -0.4 is 5.73 Å². The molecule has 19 heavy (non-hydrogen) atoms. The molecule has 0 saturated heterocycles. The molecule has 1 rings (SSSR count). The van der Waals surface area contributed by atoms with Gasteiger partial charge in [-0.05, 0) is 17.5 Å². The summed E-state index contributed by atoms with van der Waals surface area (Å²) in [6.07, 6.45) is 0.325. The molecular formula is C12H17N2O4S-. The number of carbonyl (C=O) groups excluding carboxylic acids is 1. The number of hydroxylamine groups is 2. The Balaban J connectivity index is 2.71. The van der Waals surface area contributed by atoms with Crippen LogP contribution in [-0.2, 0) is 32.9 Å². The van der Waals surface area contributed by atoms with Crippen LogP contribution in [0.25, 0.3) is 0 Å². The van der Waals surface area contributed by atoms with E-state index in [1.807, 2.05) is 0 Å². The third-order valence-corrected chi connectivity index (χ3v) is 3.20. The molecule has 0 radical (unpaired) electrons. The summed E-state index contributed by atoms with van der Waals surface area (Å²) in [7, 11) is 2.87. The molecule has 1 aromatic carbocycles. The lowest BCUT2D eigenvalue weighted by Crippen LogP contribution is -2.42. The lowest BCUT2D eigenvalue weighted by atomic mass is 10.0. The molecule has 0 aromatic heterocycles. The van der Waals surface area contributed by atoms with Gasteiger partial charge >= 0.3 is 0 Å². The third kappa shape index (κ3) is 5.07. The van der Waals surface area contributed by atoms with Gasteiger partial charge in [-0.2, -0.15) is 0 Å². The van der Waals surface area contributed by atoms with Crippen molar-refractivity contribution < 1.29 is 18.4 Å². The van der Waals surface area contributed by atoms with Gasteiger partial charge in [-0.3, -0.25) is 13.8 Å². The molecule has 0 aliphatic rings. The maximum absolute atomic E-state index is 11.7. The molecule has 0 aliphatic heterocycles. The zero-order valence-electron chi connectivity index (χ0n) is 10.9. The first-order chi connectivity index (χ1) is 8.93. The van der Waals surface area contributed by atoms with Gasteiger partial charge in [0.2, 0.25) is 0 Å². The van der Waals surface area contributed by atoms with Gasteiger partial charge < -0.3 is 10.3 Å². The summed E-state index contributed by atoms with van der Waals surface area (Å²) in [6.45, 7) is 0. The molecule has 106 valence electrons. The molecule has 0 spiro atoms. The van der Waals surface area contributed by atoms with Gasteiger partial charge in [0.1, 0.15) is 0 Å². The van der Waals surface area contributed by atoms with E-state index in [1.54, 1.807) is 24.3 Å². The smallest absolute Gasteiger partial charge is 0.263 e. The number of nitrogens with zero attached hydrogens (tertiary/aromatic N) is 1. The average molecular weight is 285 g/mol. The number of rotatable bonds is 6. The summed E-state index contributed by atoms with van der Waals surface area (Å²) in [5.74, 6) is -0.380. The van der Waals surface area contributed by atoms with Crippen LogP contribution in [0.1, 0.15) is 11.1 Å². The van der Waals surface area contributed by atoms with Crippen LogP contribution in [0.3, 0.4) is 0 Å². The molecule has 0 aliphatic carbocycles. The maximum Gasteiger partial charge on any atom is 0.263 e. The van der Waals surface area contributed by atoms with Crippen LogP contribution in [0.15, 0.2) is 24.3 Å². The van der Waals surface area contributed by atoms with E-state index in [9.17, 15) is 13.6 Å². The number of nitrogens with two attached hydrogens (primary N) is 1. The summed E-state index contributed by atoms with van der Waals surface area (Å²) in [6, 6.07) is 6.27. The van der Waals surface area contributed by atoms with Crippen LogP contribution in [0.2, 0.25) is 0 Å². The van der Waals surface area contributed by atoms with Crippen molar-refractivity contribution in [2.45, 2.75) is 18.2 Å². The fraction of sp³-hybridized carbons (Fsp3) is 0.417. The second-order valence-electron chi connectivity index (χ2n) is 4.10. The molecule has 0 fully saturated rings. The minimum absolute atomic E-state index is 0.0466. The van der Waals surface area contributed by atoms with E-state index in [2.05, 4.69) is 0 Å². The van der Waals surface area contributed by atoms with Gasteiger partial charge in [0.25, 0.3) is 5.91 Å². The summed E-state index contributed by atoms with van der Waals surface area (Å²) in [4.78, 5) is 16.5. The number of carbonyl (C=O) groups is 1. The van der Waals surface area contributed by atoms with E-state index in [1.165, 1.54) is 14.2 Å². The second-order valence-corrected chi connectivity index (χ2v) is 4.99. The van der Waals surface area contributed by atoms with Crippen LogP contribution in [0.4, 0.5) is 0 Å². The van der Waals surface area contributed by atoms with Gasteiger partial charge in [-0.1, -0.05) is 35.3 Å². The third-order valence-electron chi connectivity index (χ3n) is 2.63. The Hall–Kier alpha value is -1.28. The van der Waals surface area contributed by atoms with E-state index in [-0.39, 0.29) is 11.7 Å². The number of hydrogen-bond acceptors (Lipinski definition) is 5. The van der Waals surface area contributed by atoms with Crippen molar-refractivity contribution in [3.63, 3.8) is 0 Å². The summed E-state index contributed by atoms with van der Waals surface area (Å²) in [5.41, 5.74) is 7.27. The number of benzene rings is 1. The highest BCUT2D eigenvalue weighted by atomic mass is 32.2. The van der Waals surface area contributed by atoms with Crippen LogP contribution in [0, 0.1) is 0 Å². The van der Waals surface area contributed by atoms with Crippen molar-refractivity contribution in [1.29, 1.82) is 0 Å². The largest absolute Gasteiger partial charge is 0.772 e. The van der Waals surface area contributed by atoms with Gasteiger partial charge in [-0.25, -0.2) is 5.06 Å². The zero-order chi connectivity index (χ0) is 14.4. The topological polar surface area (TPSA) is 95.7 Å². The van der Waals surface area contributed by atoms with E-state index in [4.69, 9.17) is 10.6 Å². The van der Waals surface area contributed by atoms with Gasteiger partial charge in [0.05, 0.1) is 13.2 Å². The van der Waals surface area contributed by atoms with Crippen LogP contribution in [-0.4, -0.2) is 39.9 Å². The molecular weight excluding hydrogens is 268 g/mol. The Bertz CT molecular complexity index is 467. The normalized spacial score (nSPS) is 13.9. The quantitative estimate of drug-likeness (QED) is 0.584. The second kappa shape index (κ2) is 7.34. The standard InChI is InChI=1S/C12H18N2O4S/c1-14(18-2)12(15)11(13)7-9-4-3-5-10(6-9)8-19(16)17/h3-6,11H,7-8,13H2,1-2H3,(H,16,17)/p-1/t11-/m0/s1. The molecule has 0 heterocycles. The highest BCUT2D eigenvalue weighted by molar-refractivity contribution is 7.78. The Kier molecular flexibility index (Phi) is 6.10. The first kappa shape index (κ1) is 15.8. The Labute approximate surface area is 114 Å². The summed E-state index contributed by atoms with van der Waals surface area (Å²) < 4.78 is 21.3. The van der Waals surface area contributed by atoms with Crippen molar-refractivity contribution in [1.82, 2.24) is 5.06 Å². The van der Waals surface area contributed by atoms with Crippen molar-refractivity contribution >= 4 is 17.0 Å². The van der Waals surface area contributed by atoms with Gasteiger partial charge in [0.15, 0.2) is 0 Å². The molecule has 6 nitrogen and oxygen atoms in total. The number of hydrogen-bond donors (Lipinski definition) is 1. The zero-order valence-corrected chi connectivity index (χ0v) is 11.7. The number of likely N-dealkylation sites (N-methyl/N-ethyl adjacent to an activating group) is 1. The highest BCUT2D eigenvalue weighted by Gasteiger charge is 2.18. The molecule has 1 aromatic rings. The highest BCUT2D eigenvalue weighted by Crippen LogP contribution is 2.10. The predicted octanol–water partition coefficient (Wildman–Crippen LogP) is -0.0447. The molecule has 2 N–H and O–H groups in total. The Morgan fingerprint density at radius 3 is 2.74 bits per heavy atom. The first-order valence-electron chi connectivity index (χ1n) is 5.65. The van der Waals surface area contributed by atoms with Crippen LogP contribution >= 0.6 is 0 Å². The van der Waals surface area contributed by atoms with Crippen molar-refractivity contribution in [2.24, 2.45) is 5.73 Å². The number of amides is 1. The molecule has 0 saturated carbocycles. The fourth-order valence-electron chi connectivity index (χ4n) is 1.65. The Morgan fingerprint density at radius 2 is 2.16 bits per heavy atom. The molecule has 2 atom stereocenters. The summed E-state index contributed by atoms with van der Waals surface area (Å²) >= 11 is -2.13. The summed E-state index contributed by atoms with van der Waals surface area (Å²) in [5, 5.41) is 1.07. The minimum Gasteiger partial charge on any atom is -0.772 e. The van der Waals surface area contributed by atoms with E-state index >= 15 is 0 Å². The van der Waals surface area contributed by atoms with Gasteiger partial charge in [-0.15, -0.1) is 0 Å². The van der Waals surface area contributed by atoms with Crippen molar-refractivity contribution in [3.8, 4) is 0 Å². The van der Waals surface area contributed by atoms with Crippen molar-refractivity contribution in [2.75, 3.05) is 14.2 Å². The molecule has 1 amide bonds. The Morgan fingerprint density at radius 1 is 1.53 bits per heavy atom. The van der Waals surface area contributed by atoms with Crippen molar-refractivity contribution in [3.05, 3.63) is 35.4 Å². The van der Waals surface area contributed by atoms with E-state index < -0.39 is 17.1 Å². The van der Waals surface area contributed by atoms with E-state index in [0.29, 0.717) is 12.0 Å². The molecule has 1 unspecified atom stereocenters. The first-order valence-corrected chi connectivity index (χ1v) is 6.89. The molecule has 7 heteroatoms. The fourth-order valence-corrected chi connectivity index (χ4v) is 2.10. The van der Waals surface area contributed by atoms with Gasteiger partial charge in [0, 0.05) is 12.8 Å². The van der Waals surface area contributed by atoms with Crippen LogP contribution in [0.5, 0.6) is 0 Å². The lowest BCUT2D eigenvalue weighted by molar-refractivity contribution is -0.170. The average Bonchev–Trinajstić information content (AvgIpc) is 2.36. The van der Waals surface area contributed by atoms with E-state index in [0.717, 1.165) is 10.6 Å². The molecule has 0 bridgehead atoms. The monoisotopic (exact) mass is 285 g/mol. The predicted molar refractivity (Wildman–Crippen MR) is 70.5 cm³/mol. The lowest BCUT2D eigenvalue weighted by Gasteiger charge is -2.18.